The molecule has 1 fully saturated rings. The van der Waals surface area contributed by atoms with E-state index in [1.54, 1.807) is 45.0 Å². The maximum Gasteiger partial charge on any atom is 0.326 e. The highest BCUT2D eigenvalue weighted by molar-refractivity contribution is 7.99. The summed E-state index contributed by atoms with van der Waals surface area (Å²) in [5.74, 6) is -1.08. The molecule has 0 spiro atoms. The number of hydrogen-bond acceptors (Lipinski definition) is 7. The Morgan fingerprint density at radius 1 is 1.00 bits per heavy atom. The third-order valence-corrected chi connectivity index (χ3v) is 7.30. The van der Waals surface area contributed by atoms with Crippen molar-refractivity contribution >= 4 is 46.8 Å². The van der Waals surface area contributed by atoms with E-state index in [1.807, 2.05) is 17.5 Å². The summed E-state index contributed by atoms with van der Waals surface area (Å²) in [7, 11) is 0. The SMILES string of the molecule is CC(C)(C)OC(=O)CN1C(=O)C(N2C(=O)c3ccccc3C2=O)CSCC1c1cccs1. The van der Waals surface area contributed by atoms with Crippen LogP contribution >= 0.6 is 23.1 Å². The lowest BCUT2D eigenvalue weighted by Crippen LogP contribution is -2.53. The van der Waals surface area contributed by atoms with Gasteiger partial charge in [-0.2, -0.15) is 11.8 Å². The van der Waals surface area contributed by atoms with Crippen molar-refractivity contribution < 1.29 is 23.9 Å². The quantitative estimate of drug-likeness (QED) is 0.501. The van der Waals surface area contributed by atoms with Crippen molar-refractivity contribution in [2.24, 2.45) is 0 Å². The van der Waals surface area contributed by atoms with Crippen LogP contribution in [0.4, 0.5) is 0 Å². The van der Waals surface area contributed by atoms with Crippen LogP contribution in [-0.2, 0) is 14.3 Å². The zero-order valence-electron chi connectivity index (χ0n) is 18.1. The molecule has 3 heterocycles. The first kappa shape index (κ1) is 22.5. The van der Waals surface area contributed by atoms with E-state index in [1.165, 1.54) is 28.0 Å². The molecule has 1 aromatic heterocycles. The average Bonchev–Trinajstić information content (AvgIpc) is 3.30. The zero-order chi connectivity index (χ0) is 23.0. The molecule has 0 bridgehead atoms. The highest BCUT2D eigenvalue weighted by Gasteiger charge is 2.46. The number of amides is 3. The van der Waals surface area contributed by atoms with E-state index in [9.17, 15) is 19.2 Å². The molecule has 168 valence electrons. The van der Waals surface area contributed by atoms with Gasteiger partial charge in [0, 0.05) is 16.4 Å². The molecule has 2 atom stereocenters. The van der Waals surface area contributed by atoms with E-state index in [2.05, 4.69) is 0 Å². The van der Waals surface area contributed by atoms with E-state index in [-0.39, 0.29) is 18.3 Å². The van der Waals surface area contributed by atoms with Crippen molar-refractivity contribution in [1.82, 2.24) is 9.80 Å². The smallest absolute Gasteiger partial charge is 0.326 e. The first-order valence-corrected chi connectivity index (χ1v) is 12.3. The fourth-order valence-electron chi connectivity index (χ4n) is 3.89. The summed E-state index contributed by atoms with van der Waals surface area (Å²) in [5.41, 5.74) is -0.0951. The van der Waals surface area contributed by atoms with Gasteiger partial charge in [0.25, 0.3) is 11.8 Å². The van der Waals surface area contributed by atoms with Gasteiger partial charge in [0.15, 0.2) is 0 Å². The van der Waals surface area contributed by atoms with Gasteiger partial charge in [0.1, 0.15) is 18.2 Å². The second-order valence-corrected chi connectivity index (χ2v) is 10.7. The molecule has 0 aliphatic carbocycles. The summed E-state index contributed by atoms with van der Waals surface area (Å²) in [5, 5.41) is 1.92. The molecule has 2 unspecified atom stereocenters. The first-order chi connectivity index (χ1) is 15.2. The standard InChI is InChI=1S/C23H24N2O5S2/c1-23(2,3)30-19(26)11-24-16(18-9-6-10-32-18)12-31-13-17(22(24)29)25-20(27)14-7-4-5-8-15(14)21(25)28/h4-10,16-17H,11-13H2,1-3H3. The van der Waals surface area contributed by atoms with Crippen LogP contribution in [0.2, 0.25) is 0 Å². The van der Waals surface area contributed by atoms with Crippen LogP contribution in [0.25, 0.3) is 0 Å². The Balaban J connectivity index is 1.66. The highest BCUT2D eigenvalue weighted by Crippen LogP contribution is 2.35. The molecule has 2 aromatic rings. The summed E-state index contributed by atoms with van der Waals surface area (Å²) in [6, 6.07) is 9.06. The predicted octanol–water partition coefficient (Wildman–Crippen LogP) is 3.37. The Hall–Kier alpha value is -2.65. The van der Waals surface area contributed by atoms with Gasteiger partial charge in [-0.15, -0.1) is 11.3 Å². The third kappa shape index (κ3) is 4.31. The van der Waals surface area contributed by atoms with Crippen molar-refractivity contribution in [3.63, 3.8) is 0 Å². The fourth-order valence-corrected chi connectivity index (χ4v) is 6.07. The second-order valence-electron chi connectivity index (χ2n) is 8.66. The lowest BCUT2D eigenvalue weighted by atomic mass is 10.1. The van der Waals surface area contributed by atoms with Crippen molar-refractivity contribution in [3.05, 3.63) is 57.8 Å². The van der Waals surface area contributed by atoms with Gasteiger partial charge in [-0.3, -0.25) is 24.1 Å². The zero-order valence-corrected chi connectivity index (χ0v) is 19.7. The van der Waals surface area contributed by atoms with E-state index in [0.29, 0.717) is 16.9 Å². The number of benzene rings is 1. The normalized spacial score (nSPS) is 21.5. The lowest BCUT2D eigenvalue weighted by Gasteiger charge is -2.33. The Labute approximate surface area is 194 Å². The Morgan fingerprint density at radius 3 is 2.19 bits per heavy atom. The second kappa shape index (κ2) is 8.71. The molecule has 1 saturated heterocycles. The molecule has 7 nitrogen and oxygen atoms in total. The minimum Gasteiger partial charge on any atom is -0.459 e. The fraction of sp³-hybridized carbons (Fsp3) is 0.391. The van der Waals surface area contributed by atoms with Crippen LogP contribution < -0.4 is 0 Å². The lowest BCUT2D eigenvalue weighted by molar-refractivity contribution is -0.160. The summed E-state index contributed by atoms with van der Waals surface area (Å²) in [4.78, 5) is 55.9. The molecule has 2 aliphatic rings. The summed E-state index contributed by atoms with van der Waals surface area (Å²) in [6.07, 6.45) is 0. The van der Waals surface area contributed by atoms with Crippen molar-refractivity contribution in [2.45, 2.75) is 38.5 Å². The molecule has 1 aromatic carbocycles. The van der Waals surface area contributed by atoms with E-state index in [0.717, 1.165) is 9.78 Å². The van der Waals surface area contributed by atoms with E-state index < -0.39 is 35.3 Å². The molecule has 3 amide bonds. The van der Waals surface area contributed by atoms with Gasteiger partial charge in [0.05, 0.1) is 17.2 Å². The van der Waals surface area contributed by atoms with Crippen LogP contribution in [0.5, 0.6) is 0 Å². The van der Waals surface area contributed by atoms with Gasteiger partial charge >= 0.3 is 5.97 Å². The number of esters is 1. The van der Waals surface area contributed by atoms with Crippen LogP contribution in [0.3, 0.4) is 0 Å². The van der Waals surface area contributed by atoms with Crippen molar-refractivity contribution in [1.29, 1.82) is 0 Å². The Kier molecular flexibility index (Phi) is 6.13. The number of ether oxygens (including phenoxy) is 1. The number of nitrogens with zero attached hydrogens (tertiary/aromatic N) is 2. The number of imide groups is 1. The van der Waals surface area contributed by atoms with Gasteiger partial charge < -0.3 is 9.64 Å². The number of fused-ring (bicyclic) bond motifs is 1. The number of rotatable bonds is 4. The van der Waals surface area contributed by atoms with E-state index >= 15 is 0 Å². The first-order valence-electron chi connectivity index (χ1n) is 10.3. The van der Waals surface area contributed by atoms with E-state index in [4.69, 9.17) is 4.74 Å². The summed E-state index contributed by atoms with van der Waals surface area (Å²) < 4.78 is 5.47. The molecule has 2 aliphatic heterocycles. The molecule has 32 heavy (non-hydrogen) atoms. The number of hydrogen-bond donors (Lipinski definition) is 0. The molecular formula is C23H24N2O5S2. The van der Waals surface area contributed by atoms with Gasteiger partial charge in [-0.25, -0.2) is 0 Å². The number of carbonyl (C=O) groups excluding carboxylic acids is 4. The van der Waals surface area contributed by atoms with Gasteiger partial charge in [0.2, 0.25) is 5.91 Å². The molecule has 0 N–H and O–H groups in total. The topological polar surface area (TPSA) is 84.0 Å². The Bertz CT molecular complexity index is 1030. The minimum absolute atomic E-state index is 0.251. The Morgan fingerprint density at radius 2 is 1.62 bits per heavy atom. The molecule has 4 rings (SSSR count). The summed E-state index contributed by atoms with van der Waals surface area (Å²) >= 11 is 3.00. The molecular weight excluding hydrogens is 448 g/mol. The van der Waals surface area contributed by atoms with Gasteiger partial charge in [-0.05, 0) is 44.4 Å². The summed E-state index contributed by atoms with van der Waals surface area (Å²) in [6.45, 7) is 5.05. The molecule has 9 heteroatoms. The average molecular weight is 473 g/mol. The predicted molar refractivity (Wildman–Crippen MR) is 123 cm³/mol. The maximum atomic E-state index is 13.7. The van der Waals surface area contributed by atoms with Crippen LogP contribution in [0.15, 0.2) is 41.8 Å². The largest absolute Gasteiger partial charge is 0.459 e. The number of thioether (sulfide) groups is 1. The third-order valence-electron chi connectivity index (χ3n) is 5.22. The monoisotopic (exact) mass is 472 g/mol. The van der Waals surface area contributed by atoms with Crippen LogP contribution in [0, 0.1) is 0 Å². The van der Waals surface area contributed by atoms with Gasteiger partial charge in [-0.1, -0.05) is 18.2 Å². The van der Waals surface area contributed by atoms with Crippen LogP contribution in [0.1, 0.15) is 52.4 Å². The van der Waals surface area contributed by atoms with Crippen molar-refractivity contribution in [3.8, 4) is 0 Å². The van der Waals surface area contributed by atoms with Crippen molar-refractivity contribution in [2.75, 3.05) is 18.1 Å². The number of carbonyl (C=O) groups is 4. The minimum atomic E-state index is -0.986. The maximum absolute atomic E-state index is 13.7. The molecule has 0 radical (unpaired) electrons. The number of thiophene rings is 1. The molecule has 0 saturated carbocycles. The van der Waals surface area contributed by atoms with Crippen LogP contribution in [-0.4, -0.2) is 63.2 Å². The highest BCUT2D eigenvalue weighted by atomic mass is 32.2.